The largest absolute Gasteiger partial charge is 0.384 e. The molecule has 0 saturated heterocycles. The van der Waals surface area contributed by atoms with Crippen molar-refractivity contribution in [3.63, 3.8) is 0 Å². The van der Waals surface area contributed by atoms with Gasteiger partial charge in [-0.05, 0) is 113 Å². The van der Waals surface area contributed by atoms with E-state index in [0.717, 1.165) is 18.6 Å². The summed E-state index contributed by atoms with van der Waals surface area (Å²) in [6.07, 6.45) is 31.3. The summed E-state index contributed by atoms with van der Waals surface area (Å²) < 4.78 is 0. The van der Waals surface area contributed by atoms with Crippen LogP contribution in [0.4, 0.5) is 0 Å². The molecule has 2 heterocycles. The average molecular weight is 642 g/mol. The lowest BCUT2D eigenvalue weighted by Crippen LogP contribution is -2.46. The van der Waals surface area contributed by atoms with Gasteiger partial charge in [-0.2, -0.15) is 0 Å². The molecule has 0 amide bonds. The van der Waals surface area contributed by atoms with Crippen LogP contribution in [0.5, 0.6) is 0 Å². The van der Waals surface area contributed by atoms with Crippen LogP contribution in [0.25, 0.3) is 22.4 Å². The van der Waals surface area contributed by atoms with Gasteiger partial charge in [-0.25, -0.2) is 0 Å². The molecule has 3 nitrogen and oxygen atoms in total. The minimum Gasteiger partial charge on any atom is -0.384 e. The number of aliphatic imine (C=N–C) groups is 1. The van der Waals surface area contributed by atoms with Gasteiger partial charge in [0.2, 0.25) is 0 Å². The monoisotopic (exact) mass is 641 g/mol. The fraction of sp³-hybridized carbons (Fsp3) is 0.326. The number of nitrogens with zero attached hydrogens (tertiary/aromatic N) is 1. The van der Waals surface area contributed by atoms with Crippen molar-refractivity contribution >= 4 is 28.1 Å². The smallest absolute Gasteiger partial charge is 0.153 e. The lowest BCUT2D eigenvalue weighted by atomic mass is 9.64. The predicted molar refractivity (Wildman–Crippen MR) is 206 cm³/mol. The van der Waals surface area contributed by atoms with Crippen LogP contribution in [-0.2, 0) is 0 Å². The highest BCUT2D eigenvalue weighted by molar-refractivity contribution is 6.16. The molecule has 246 valence electrons. The van der Waals surface area contributed by atoms with Crippen LogP contribution in [0.3, 0.4) is 0 Å². The van der Waals surface area contributed by atoms with E-state index in [-0.39, 0.29) is 0 Å². The molecule has 3 heteroatoms. The summed E-state index contributed by atoms with van der Waals surface area (Å²) in [7, 11) is 0. The Balaban J connectivity index is 1.20. The first-order valence-corrected chi connectivity index (χ1v) is 18.6. The van der Waals surface area contributed by atoms with Crippen LogP contribution in [0.2, 0.25) is 0 Å². The molecule has 0 radical (unpaired) electrons. The van der Waals surface area contributed by atoms with Crippen molar-refractivity contribution in [1.29, 1.82) is 0 Å². The molecule has 3 aromatic carbocycles. The van der Waals surface area contributed by atoms with E-state index in [9.17, 15) is 0 Å². The Labute approximate surface area is 291 Å². The fourth-order valence-electron chi connectivity index (χ4n) is 9.72. The van der Waals surface area contributed by atoms with Gasteiger partial charge in [0.15, 0.2) is 5.66 Å². The first-order valence-electron chi connectivity index (χ1n) is 18.6. The van der Waals surface area contributed by atoms with E-state index in [1.54, 1.807) is 0 Å². The van der Waals surface area contributed by atoms with Crippen LogP contribution >= 0.6 is 0 Å². The summed E-state index contributed by atoms with van der Waals surface area (Å²) in [6, 6.07) is 20.9. The van der Waals surface area contributed by atoms with Gasteiger partial charge in [-0.1, -0.05) is 124 Å². The van der Waals surface area contributed by atoms with E-state index in [1.165, 1.54) is 74.7 Å². The van der Waals surface area contributed by atoms with Crippen molar-refractivity contribution in [2.75, 3.05) is 0 Å². The Morgan fingerprint density at radius 1 is 0.878 bits per heavy atom. The number of nitrogens with one attached hydrogen (secondary N) is 2. The van der Waals surface area contributed by atoms with E-state index in [1.807, 2.05) is 0 Å². The SMILES string of the molecule is CC1CC=Cc2c(C3=NC(C)(C4=CCC(C5C=CC=CN5)C=C4)NC(C4=CC5CCCC(C)C5c5ccccc54)=C3)cc3ccccc3c21. The van der Waals surface area contributed by atoms with Crippen LogP contribution < -0.4 is 10.6 Å². The van der Waals surface area contributed by atoms with Crippen LogP contribution in [0.15, 0.2) is 132 Å². The van der Waals surface area contributed by atoms with Crippen LogP contribution in [0, 0.1) is 17.8 Å². The average Bonchev–Trinajstić information content (AvgIpc) is 3.14. The number of rotatable bonds is 4. The second-order valence-electron chi connectivity index (χ2n) is 15.4. The van der Waals surface area contributed by atoms with Gasteiger partial charge < -0.3 is 10.6 Å². The zero-order valence-corrected chi connectivity index (χ0v) is 29.0. The van der Waals surface area contributed by atoms with E-state index in [4.69, 9.17) is 4.99 Å². The Bertz CT molecular complexity index is 2080. The third kappa shape index (κ3) is 5.21. The second kappa shape index (κ2) is 12.1. The second-order valence-corrected chi connectivity index (χ2v) is 15.4. The van der Waals surface area contributed by atoms with Gasteiger partial charge in [0, 0.05) is 22.8 Å². The number of fused-ring (bicyclic) bond motifs is 6. The summed E-state index contributed by atoms with van der Waals surface area (Å²) in [5, 5.41) is 10.3. The molecular weight excluding hydrogens is 595 g/mol. The Morgan fingerprint density at radius 3 is 2.61 bits per heavy atom. The van der Waals surface area contributed by atoms with Crippen LogP contribution in [0.1, 0.15) is 92.5 Å². The molecule has 4 aliphatic carbocycles. The maximum atomic E-state index is 5.69. The Morgan fingerprint density at radius 2 is 1.76 bits per heavy atom. The van der Waals surface area contributed by atoms with Crippen molar-refractivity contribution in [2.24, 2.45) is 22.7 Å². The summed E-state index contributed by atoms with van der Waals surface area (Å²) in [4.78, 5) is 5.69. The van der Waals surface area contributed by atoms with Crippen LogP contribution in [-0.4, -0.2) is 17.4 Å². The molecule has 0 bridgehead atoms. The highest BCUT2D eigenvalue weighted by Gasteiger charge is 2.40. The van der Waals surface area contributed by atoms with Crippen molar-refractivity contribution in [3.05, 3.63) is 155 Å². The molecule has 9 rings (SSSR count). The maximum absolute atomic E-state index is 5.69. The predicted octanol–water partition coefficient (Wildman–Crippen LogP) is 10.5. The molecule has 2 N–H and O–H groups in total. The third-order valence-corrected chi connectivity index (χ3v) is 12.2. The van der Waals surface area contributed by atoms with E-state index in [0.29, 0.717) is 35.6 Å². The van der Waals surface area contributed by atoms with Gasteiger partial charge in [-0.15, -0.1) is 0 Å². The van der Waals surface area contributed by atoms with E-state index < -0.39 is 5.66 Å². The number of allylic oxidation sites excluding steroid dienone is 7. The molecule has 7 unspecified atom stereocenters. The highest BCUT2D eigenvalue weighted by atomic mass is 15.2. The molecule has 49 heavy (non-hydrogen) atoms. The van der Waals surface area contributed by atoms with Crippen molar-refractivity contribution < 1.29 is 0 Å². The lowest BCUT2D eigenvalue weighted by molar-refractivity contribution is 0.269. The molecule has 1 saturated carbocycles. The number of dihydropyridines is 1. The normalized spacial score (nSPS) is 31.3. The highest BCUT2D eigenvalue weighted by Crippen LogP contribution is 2.50. The van der Waals surface area contributed by atoms with Crippen molar-refractivity contribution in [3.8, 4) is 0 Å². The van der Waals surface area contributed by atoms with Crippen molar-refractivity contribution in [2.45, 2.75) is 76.4 Å². The first-order chi connectivity index (χ1) is 24.0. The zero-order valence-electron chi connectivity index (χ0n) is 29.0. The van der Waals surface area contributed by atoms with Crippen molar-refractivity contribution in [1.82, 2.24) is 10.6 Å². The molecule has 7 atom stereocenters. The number of hydrogen-bond donors (Lipinski definition) is 2. The lowest BCUT2D eigenvalue weighted by Gasteiger charge is -2.42. The fourth-order valence-corrected chi connectivity index (χ4v) is 9.72. The van der Waals surface area contributed by atoms with Gasteiger partial charge >= 0.3 is 0 Å². The molecule has 6 aliphatic rings. The standard InChI is InChI=1S/C46H47N3/c1-29-12-10-15-33-27-39(36-17-6-7-18-37(36)44(29)33)42-28-43(40-26-32-14-4-5-16-35(32)45-30(2)13-11-19-38(40)45)49-46(3,48-42)34-23-21-31(22-24-34)41-20-8-9-25-47-41/h4-9,11,14,16-21,23-31,33,41,44,47-48H,10,12-13,15,22H2,1-3H3. The summed E-state index contributed by atoms with van der Waals surface area (Å²) in [6.45, 7) is 7.12. The quantitative estimate of drug-likeness (QED) is 0.297. The topological polar surface area (TPSA) is 36.4 Å². The van der Waals surface area contributed by atoms with Gasteiger partial charge in [-0.3, -0.25) is 4.99 Å². The number of benzene rings is 3. The molecule has 3 aromatic rings. The Kier molecular flexibility index (Phi) is 7.49. The summed E-state index contributed by atoms with van der Waals surface area (Å²) in [5.74, 6) is 2.71. The minimum absolute atomic E-state index is 0.313. The van der Waals surface area contributed by atoms with Gasteiger partial charge in [0.05, 0.1) is 11.8 Å². The zero-order chi connectivity index (χ0) is 33.1. The third-order valence-electron chi connectivity index (χ3n) is 12.2. The molecule has 1 fully saturated rings. The first kappa shape index (κ1) is 30.4. The molecule has 0 spiro atoms. The summed E-state index contributed by atoms with van der Waals surface area (Å²) >= 11 is 0. The van der Waals surface area contributed by atoms with Gasteiger partial charge in [0.25, 0.3) is 0 Å². The molecule has 0 aromatic heterocycles. The maximum Gasteiger partial charge on any atom is 0.153 e. The minimum atomic E-state index is -0.619. The number of hydrogen-bond acceptors (Lipinski definition) is 3. The van der Waals surface area contributed by atoms with E-state index >= 15 is 0 Å². The van der Waals surface area contributed by atoms with Gasteiger partial charge in [0.1, 0.15) is 0 Å². The molecular formula is C46H47N3. The molecule has 2 aliphatic heterocycles. The summed E-state index contributed by atoms with van der Waals surface area (Å²) in [5.41, 5.74) is 11.1. The Hall–Kier alpha value is -4.63. The van der Waals surface area contributed by atoms with E-state index in [2.05, 4.69) is 153 Å².